The van der Waals surface area contributed by atoms with Gasteiger partial charge in [0.2, 0.25) is 0 Å². The van der Waals surface area contributed by atoms with E-state index in [0.717, 1.165) is 11.1 Å². The van der Waals surface area contributed by atoms with Crippen LogP contribution in [0.2, 0.25) is 5.02 Å². The predicted molar refractivity (Wildman–Crippen MR) is 70.6 cm³/mol. The molecule has 2 rings (SSSR count). The molecule has 0 bridgehead atoms. The van der Waals surface area contributed by atoms with Crippen molar-refractivity contribution in [1.29, 1.82) is 0 Å². The highest BCUT2D eigenvalue weighted by molar-refractivity contribution is 6.33. The molecule has 0 spiro atoms. The van der Waals surface area contributed by atoms with Crippen molar-refractivity contribution >= 4 is 17.5 Å². The van der Waals surface area contributed by atoms with Crippen LogP contribution in [-0.4, -0.2) is 21.0 Å². The molecule has 0 saturated heterocycles. The van der Waals surface area contributed by atoms with E-state index in [-0.39, 0.29) is 23.2 Å². The molecule has 1 heterocycles. The largest absolute Gasteiger partial charge is 0.392 e. The Kier molecular flexibility index (Phi) is 4.43. The molecule has 2 N–H and O–H groups in total. The SMILES string of the molecule is O=C(NCc1ccccc1CO)c1ncncc1Cl. The predicted octanol–water partition coefficient (Wildman–Crippen LogP) is 1.55. The van der Waals surface area contributed by atoms with Crippen LogP contribution in [0.5, 0.6) is 0 Å². The van der Waals surface area contributed by atoms with Crippen LogP contribution in [0.25, 0.3) is 0 Å². The molecule has 1 aromatic carbocycles. The van der Waals surface area contributed by atoms with E-state index in [4.69, 9.17) is 11.6 Å². The molecule has 19 heavy (non-hydrogen) atoms. The van der Waals surface area contributed by atoms with Gasteiger partial charge < -0.3 is 10.4 Å². The van der Waals surface area contributed by atoms with Crippen molar-refractivity contribution in [3.05, 3.63) is 58.6 Å². The minimum Gasteiger partial charge on any atom is -0.392 e. The standard InChI is InChI=1S/C13H12ClN3O2/c14-11-6-15-8-17-12(11)13(19)16-5-9-3-1-2-4-10(9)7-18/h1-4,6,8,18H,5,7H2,(H,16,19). The molecule has 0 aliphatic carbocycles. The fraction of sp³-hybridized carbons (Fsp3) is 0.154. The van der Waals surface area contributed by atoms with Crippen LogP contribution >= 0.6 is 11.6 Å². The monoisotopic (exact) mass is 277 g/mol. The molecule has 0 fully saturated rings. The van der Waals surface area contributed by atoms with Gasteiger partial charge in [0.05, 0.1) is 11.6 Å². The van der Waals surface area contributed by atoms with Crippen LogP contribution < -0.4 is 5.32 Å². The number of nitrogens with zero attached hydrogens (tertiary/aromatic N) is 2. The first kappa shape index (κ1) is 13.5. The van der Waals surface area contributed by atoms with E-state index in [1.807, 2.05) is 18.2 Å². The van der Waals surface area contributed by atoms with Crippen molar-refractivity contribution in [3.63, 3.8) is 0 Å². The molecule has 6 heteroatoms. The zero-order chi connectivity index (χ0) is 13.7. The number of hydrogen-bond donors (Lipinski definition) is 2. The lowest BCUT2D eigenvalue weighted by Gasteiger charge is -2.09. The number of carbonyl (C=O) groups excluding carboxylic acids is 1. The number of carbonyl (C=O) groups is 1. The summed E-state index contributed by atoms with van der Waals surface area (Å²) in [5.74, 6) is -0.375. The van der Waals surface area contributed by atoms with Crippen molar-refractivity contribution in [2.45, 2.75) is 13.2 Å². The van der Waals surface area contributed by atoms with Gasteiger partial charge in [0.1, 0.15) is 12.0 Å². The Labute approximate surface area is 115 Å². The molecule has 0 aliphatic rings. The van der Waals surface area contributed by atoms with Gasteiger partial charge in [0.25, 0.3) is 5.91 Å². The van der Waals surface area contributed by atoms with Crippen molar-refractivity contribution in [2.75, 3.05) is 0 Å². The van der Waals surface area contributed by atoms with Crippen molar-refractivity contribution in [3.8, 4) is 0 Å². The van der Waals surface area contributed by atoms with Gasteiger partial charge in [-0.3, -0.25) is 4.79 Å². The van der Waals surface area contributed by atoms with Gasteiger partial charge in [0, 0.05) is 12.7 Å². The van der Waals surface area contributed by atoms with Gasteiger partial charge in [-0.1, -0.05) is 35.9 Å². The molecule has 2 aromatic rings. The summed E-state index contributed by atoms with van der Waals surface area (Å²) in [4.78, 5) is 19.4. The van der Waals surface area contributed by atoms with Crippen molar-refractivity contribution < 1.29 is 9.90 Å². The molecule has 0 radical (unpaired) electrons. The van der Waals surface area contributed by atoms with Crippen LogP contribution in [0.3, 0.4) is 0 Å². The fourth-order valence-corrected chi connectivity index (χ4v) is 1.81. The normalized spacial score (nSPS) is 10.2. The van der Waals surface area contributed by atoms with E-state index in [1.165, 1.54) is 12.5 Å². The Morgan fingerprint density at radius 2 is 2.05 bits per heavy atom. The smallest absolute Gasteiger partial charge is 0.271 e. The topological polar surface area (TPSA) is 75.1 Å². The number of halogens is 1. The quantitative estimate of drug-likeness (QED) is 0.889. The molecule has 5 nitrogen and oxygen atoms in total. The van der Waals surface area contributed by atoms with Gasteiger partial charge in [-0.15, -0.1) is 0 Å². The number of hydrogen-bond acceptors (Lipinski definition) is 4. The first-order valence-corrected chi connectivity index (χ1v) is 6.01. The summed E-state index contributed by atoms with van der Waals surface area (Å²) in [6.07, 6.45) is 2.63. The average molecular weight is 278 g/mol. The van der Waals surface area contributed by atoms with E-state index in [9.17, 15) is 9.90 Å². The minimum atomic E-state index is -0.375. The summed E-state index contributed by atoms with van der Waals surface area (Å²) in [6, 6.07) is 7.32. The van der Waals surface area contributed by atoms with Crippen LogP contribution in [0.15, 0.2) is 36.8 Å². The highest BCUT2D eigenvalue weighted by atomic mass is 35.5. The van der Waals surface area contributed by atoms with Gasteiger partial charge >= 0.3 is 0 Å². The van der Waals surface area contributed by atoms with Crippen LogP contribution in [0.4, 0.5) is 0 Å². The number of aliphatic hydroxyl groups is 1. The second kappa shape index (κ2) is 6.26. The molecular weight excluding hydrogens is 266 g/mol. The third kappa shape index (κ3) is 3.27. The highest BCUT2D eigenvalue weighted by Crippen LogP contribution is 2.12. The molecule has 0 atom stereocenters. The molecule has 98 valence electrons. The zero-order valence-corrected chi connectivity index (χ0v) is 10.8. The highest BCUT2D eigenvalue weighted by Gasteiger charge is 2.12. The first-order chi connectivity index (χ1) is 9.22. The maximum absolute atomic E-state index is 11.9. The first-order valence-electron chi connectivity index (χ1n) is 5.63. The van der Waals surface area contributed by atoms with Gasteiger partial charge in [0.15, 0.2) is 0 Å². The van der Waals surface area contributed by atoms with Gasteiger partial charge in [-0.25, -0.2) is 9.97 Å². The fourth-order valence-electron chi connectivity index (χ4n) is 1.62. The summed E-state index contributed by atoms with van der Waals surface area (Å²) in [5.41, 5.74) is 1.76. The van der Waals surface area contributed by atoms with Crippen LogP contribution in [0, 0.1) is 0 Å². The second-order valence-electron chi connectivity index (χ2n) is 3.83. The van der Waals surface area contributed by atoms with Crippen LogP contribution in [-0.2, 0) is 13.2 Å². The van der Waals surface area contributed by atoms with Crippen molar-refractivity contribution in [1.82, 2.24) is 15.3 Å². The number of benzene rings is 1. The molecule has 0 unspecified atom stereocenters. The molecule has 1 aromatic heterocycles. The number of nitrogens with one attached hydrogen (secondary N) is 1. The summed E-state index contributed by atoms with van der Waals surface area (Å²) in [5, 5.41) is 12.1. The minimum absolute atomic E-state index is 0.0691. The maximum Gasteiger partial charge on any atom is 0.271 e. The van der Waals surface area contributed by atoms with Crippen LogP contribution in [0.1, 0.15) is 21.6 Å². The summed E-state index contributed by atoms with van der Waals surface area (Å²) < 4.78 is 0. The average Bonchev–Trinajstić information content (AvgIpc) is 2.45. The number of amides is 1. The molecule has 1 amide bonds. The molecular formula is C13H12ClN3O2. The Bertz CT molecular complexity index is 590. The van der Waals surface area contributed by atoms with E-state index in [1.54, 1.807) is 6.07 Å². The van der Waals surface area contributed by atoms with E-state index >= 15 is 0 Å². The lowest BCUT2D eigenvalue weighted by Crippen LogP contribution is -2.24. The van der Waals surface area contributed by atoms with E-state index < -0.39 is 0 Å². The van der Waals surface area contributed by atoms with Gasteiger partial charge in [-0.05, 0) is 11.1 Å². The summed E-state index contributed by atoms with van der Waals surface area (Å²) in [6.45, 7) is 0.232. The summed E-state index contributed by atoms with van der Waals surface area (Å²) >= 11 is 5.83. The zero-order valence-electron chi connectivity index (χ0n) is 10.0. The Morgan fingerprint density at radius 3 is 2.74 bits per heavy atom. The van der Waals surface area contributed by atoms with E-state index in [0.29, 0.717) is 6.54 Å². The summed E-state index contributed by atoms with van der Waals surface area (Å²) in [7, 11) is 0. The van der Waals surface area contributed by atoms with Crippen molar-refractivity contribution in [2.24, 2.45) is 0 Å². The lowest BCUT2D eigenvalue weighted by molar-refractivity contribution is 0.0945. The molecule has 0 saturated carbocycles. The maximum atomic E-state index is 11.9. The Hall–Kier alpha value is -1.98. The number of aliphatic hydroxyl groups excluding tert-OH is 1. The van der Waals surface area contributed by atoms with Gasteiger partial charge in [-0.2, -0.15) is 0 Å². The number of aromatic nitrogens is 2. The lowest BCUT2D eigenvalue weighted by atomic mass is 10.1. The second-order valence-corrected chi connectivity index (χ2v) is 4.24. The Morgan fingerprint density at radius 1 is 1.32 bits per heavy atom. The molecule has 0 aliphatic heterocycles. The number of rotatable bonds is 4. The third-order valence-corrected chi connectivity index (χ3v) is 2.89. The van der Waals surface area contributed by atoms with E-state index in [2.05, 4.69) is 15.3 Å². The third-order valence-electron chi connectivity index (χ3n) is 2.61. The Balaban J connectivity index is 2.07.